The van der Waals surface area contributed by atoms with Gasteiger partial charge in [0.25, 0.3) is 0 Å². The van der Waals surface area contributed by atoms with Crippen molar-refractivity contribution in [2.24, 2.45) is 0 Å². The van der Waals surface area contributed by atoms with Crippen molar-refractivity contribution in [2.75, 3.05) is 5.73 Å². The van der Waals surface area contributed by atoms with Crippen LogP contribution in [-0.4, -0.2) is 22.2 Å². The van der Waals surface area contributed by atoms with Crippen molar-refractivity contribution in [3.05, 3.63) is 17.8 Å². The lowest BCUT2D eigenvalue weighted by atomic mass is 9.85. The molecule has 1 rings (SSSR count). The zero-order valence-corrected chi connectivity index (χ0v) is 6.78. The van der Waals surface area contributed by atoms with Gasteiger partial charge < -0.3 is 15.8 Å². The van der Waals surface area contributed by atoms with Gasteiger partial charge in [0.2, 0.25) is 0 Å². The van der Waals surface area contributed by atoms with E-state index in [-0.39, 0.29) is 5.59 Å². The highest BCUT2D eigenvalue weighted by Gasteiger charge is 2.34. The zero-order chi connectivity index (χ0) is 10.9. The van der Waals surface area contributed by atoms with Gasteiger partial charge in [-0.15, -0.1) is 0 Å². The lowest BCUT2D eigenvalue weighted by Crippen LogP contribution is -2.33. The van der Waals surface area contributed by atoms with Crippen molar-refractivity contribution >= 4 is 18.4 Å². The van der Waals surface area contributed by atoms with Crippen molar-refractivity contribution < 1.29 is 23.2 Å². The molecule has 0 amide bonds. The Balaban J connectivity index is 3.15. The molecule has 14 heavy (non-hydrogen) atoms. The molecule has 0 saturated heterocycles. The van der Waals surface area contributed by atoms with Gasteiger partial charge in [-0.2, -0.15) is 13.2 Å². The molecule has 0 radical (unpaired) electrons. The number of halogens is 3. The summed E-state index contributed by atoms with van der Waals surface area (Å²) in [5.74, 6) is 0. The van der Waals surface area contributed by atoms with Crippen LogP contribution in [0.2, 0.25) is 0 Å². The van der Waals surface area contributed by atoms with Gasteiger partial charge in [0.15, 0.2) is 0 Å². The Labute approximate surface area is 77.3 Å². The number of pyridine rings is 1. The standard InChI is InChI=1S/C6H6BF3N2O2/c8-6(9,10)3-2-12-5(7(13)14)1-4(3)11/h1-2,13-14H,(H2,11,12). The minimum absolute atomic E-state index is 0.324. The number of hydrogen-bond acceptors (Lipinski definition) is 4. The van der Waals surface area contributed by atoms with E-state index in [1.54, 1.807) is 0 Å². The average molecular weight is 206 g/mol. The van der Waals surface area contributed by atoms with Crippen LogP contribution in [0.1, 0.15) is 5.56 Å². The Hall–Kier alpha value is -1.28. The van der Waals surface area contributed by atoms with Gasteiger partial charge in [0.1, 0.15) is 0 Å². The summed E-state index contributed by atoms with van der Waals surface area (Å²) >= 11 is 0. The maximum absolute atomic E-state index is 12.1. The normalized spacial score (nSPS) is 11.5. The van der Waals surface area contributed by atoms with Gasteiger partial charge in [0, 0.05) is 11.9 Å². The topological polar surface area (TPSA) is 79.4 Å². The van der Waals surface area contributed by atoms with E-state index in [9.17, 15) is 13.2 Å². The number of rotatable bonds is 1. The first-order chi connectivity index (χ1) is 6.32. The third kappa shape index (κ3) is 2.15. The lowest BCUT2D eigenvalue weighted by molar-refractivity contribution is -0.137. The fraction of sp³-hybridized carbons (Fsp3) is 0.167. The molecule has 1 aromatic rings. The molecule has 8 heteroatoms. The first kappa shape index (κ1) is 10.8. The third-order valence-corrected chi connectivity index (χ3v) is 1.53. The molecule has 0 bridgehead atoms. The van der Waals surface area contributed by atoms with Crippen LogP contribution in [0.15, 0.2) is 12.3 Å². The van der Waals surface area contributed by atoms with Crippen molar-refractivity contribution in [3.63, 3.8) is 0 Å². The molecule has 4 nitrogen and oxygen atoms in total. The second-order valence-electron chi connectivity index (χ2n) is 2.57. The minimum atomic E-state index is -4.59. The van der Waals surface area contributed by atoms with Crippen molar-refractivity contribution in [2.45, 2.75) is 6.18 Å². The molecule has 0 atom stereocenters. The van der Waals surface area contributed by atoms with Gasteiger partial charge in [0.05, 0.1) is 11.2 Å². The molecule has 0 aliphatic carbocycles. The van der Waals surface area contributed by atoms with E-state index in [2.05, 4.69) is 4.98 Å². The number of nitrogens with zero attached hydrogens (tertiary/aromatic N) is 1. The van der Waals surface area contributed by atoms with Crippen LogP contribution in [0, 0.1) is 0 Å². The molecule has 0 aliphatic heterocycles. The Morgan fingerprint density at radius 3 is 2.29 bits per heavy atom. The van der Waals surface area contributed by atoms with E-state index in [1.165, 1.54) is 0 Å². The number of anilines is 1. The summed E-state index contributed by atoms with van der Waals surface area (Å²) < 4.78 is 36.4. The van der Waals surface area contributed by atoms with Gasteiger partial charge in [-0.3, -0.25) is 4.98 Å². The van der Waals surface area contributed by atoms with Gasteiger partial charge in [-0.1, -0.05) is 0 Å². The number of aromatic nitrogens is 1. The number of nitrogen functional groups attached to an aromatic ring is 1. The molecule has 1 aromatic heterocycles. The van der Waals surface area contributed by atoms with Gasteiger partial charge in [-0.05, 0) is 6.07 Å². The summed E-state index contributed by atoms with van der Waals surface area (Å²) in [6.45, 7) is 0. The van der Waals surface area contributed by atoms with E-state index in [0.717, 1.165) is 6.07 Å². The Kier molecular flexibility index (Phi) is 2.67. The monoisotopic (exact) mass is 206 g/mol. The van der Waals surface area contributed by atoms with Gasteiger partial charge in [-0.25, -0.2) is 0 Å². The highest BCUT2D eigenvalue weighted by molar-refractivity contribution is 6.57. The molecule has 0 fully saturated rings. The smallest absolute Gasteiger partial charge is 0.422 e. The van der Waals surface area contributed by atoms with E-state index in [0.29, 0.717) is 6.20 Å². The van der Waals surface area contributed by atoms with Crippen LogP contribution in [0.4, 0.5) is 18.9 Å². The fourth-order valence-corrected chi connectivity index (χ4v) is 0.866. The highest BCUT2D eigenvalue weighted by atomic mass is 19.4. The first-order valence-corrected chi connectivity index (χ1v) is 3.51. The summed E-state index contributed by atoms with van der Waals surface area (Å²) in [4.78, 5) is 3.21. The molecule has 0 aromatic carbocycles. The van der Waals surface area contributed by atoms with E-state index >= 15 is 0 Å². The van der Waals surface area contributed by atoms with Crippen LogP contribution >= 0.6 is 0 Å². The maximum atomic E-state index is 12.1. The van der Waals surface area contributed by atoms with Crippen LogP contribution in [-0.2, 0) is 6.18 Å². The first-order valence-electron chi connectivity index (χ1n) is 3.51. The molecule has 4 N–H and O–H groups in total. The predicted molar refractivity (Wildman–Crippen MR) is 43.5 cm³/mol. The average Bonchev–Trinajstić information content (AvgIpc) is 2.01. The molecule has 0 spiro atoms. The van der Waals surface area contributed by atoms with Crippen LogP contribution in [0.5, 0.6) is 0 Å². The number of hydrogen-bond donors (Lipinski definition) is 3. The summed E-state index contributed by atoms with van der Waals surface area (Å²) in [5, 5.41) is 17.2. The lowest BCUT2D eigenvalue weighted by Gasteiger charge is -2.09. The molecule has 0 saturated carbocycles. The summed E-state index contributed by atoms with van der Waals surface area (Å²) in [6.07, 6.45) is -4.12. The molecule has 76 valence electrons. The third-order valence-electron chi connectivity index (χ3n) is 1.53. The number of nitrogens with two attached hydrogens (primary N) is 1. The zero-order valence-electron chi connectivity index (χ0n) is 6.78. The van der Waals surface area contributed by atoms with E-state index < -0.39 is 24.5 Å². The maximum Gasteiger partial charge on any atom is 0.508 e. The minimum Gasteiger partial charge on any atom is -0.422 e. The van der Waals surface area contributed by atoms with E-state index in [4.69, 9.17) is 15.8 Å². The van der Waals surface area contributed by atoms with Crippen LogP contribution in [0.25, 0.3) is 0 Å². The SMILES string of the molecule is Nc1cc(B(O)O)ncc1C(F)(F)F. The molecular formula is C6H6BF3N2O2. The van der Waals surface area contributed by atoms with Crippen LogP contribution in [0.3, 0.4) is 0 Å². The Morgan fingerprint density at radius 1 is 1.36 bits per heavy atom. The summed E-state index contributed by atoms with van der Waals surface area (Å²) in [6, 6.07) is 0.771. The van der Waals surface area contributed by atoms with Gasteiger partial charge >= 0.3 is 13.3 Å². The molecule has 1 heterocycles. The van der Waals surface area contributed by atoms with Crippen molar-refractivity contribution in [3.8, 4) is 0 Å². The fourth-order valence-electron chi connectivity index (χ4n) is 0.866. The van der Waals surface area contributed by atoms with E-state index in [1.807, 2.05) is 0 Å². The largest absolute Gasteiger partial charge is 0.508 e. The molecular weight excluding hydrogens is 200 g/mol. The quantitative estimate of drug-likeness (QED) is 0.534. The number of alkyl halides is 3. The second-order valence-corrected chi connectivity index (χ2v) is 2.57. The van der Waals surface area contributed by atoms with Crippen molar-refractivity contribution in [1.82, 2.24) is 4.98 Å². The summed E-state index contributed by atoms with van der Waals surface area (Å²) in [5.41, 5.74) is 3.06. The Morgan fingerprint density at radius 2 is 1.93 bits per heavy atom. The van der Waals surface area contributed by atoms with Crippen molar-refractivity contribution in [1.29, 1.82) is 0 Å². The molecule has 0 unspecified atom stereocenters. The second kappa shape index (κ2) is 3.47. The Bertz CT molecular complexity index is 342. The summed E-state index contributed by atoms with van der Waals surface area (Å²) in [7, 11) is -1.93. The highest BCUT2D eigenvalue weighted by Crippen LogP contribution is 2.31. The predicted octanol–water partition coefficient (Wildman–Crippen LogP) is -0.638. The molecule has 0 aliphatic rings. The van der Waals surface area contributed by atoms with Crippen LogP contribution < -0.4 is 11.3 Å².